The third kappa shape index (κ3) is 1.95. The SMILES string of the molecule is CC(C)C(CN)(CCO)C(=O)O. The van der Waals surface area contributed by atoms with Crippen molar-refractivity contribution in [1.29, 1.82) is 0 Å². The van der Waals surface area contributed by atoms with E-state index >= 15 is 0 Å². The molecule has 0 amide bonds. The smallest absolute Gasteiger partial charge is 0.311 e. The molecule has 4 heteroatoms. The predicted octanol–water partition coefficient (Wildman–Crippen LogP) is 0.0545. The Kier molecular flexibility index (Phi) is 4.20. The fraction of sp³-hybridized carbons (Fsp3) is 0.875. The summed E-state index contributed by atoms with van der Waals surface area (Å²) in [6.45, 7) is 3.54. The molecule has 1 unspecified atom stereocenters. The van der Waals surface area contributed by atoms with Gasteiger partial charge in [0.25, 0.3) is 0 Å². The summed E-state index contributed by atoms with van der Waals surface area (Å²) < 4.78 is 0. The van der Waals surface area contributed by atoms with Crippen LogP contribution in [-0.2, 0) is 4.79 Å². The van der Waals surface area contributed by atoms with Crippen LogP contribution in [0, 0.1) is 11.3 Å². The van der Waals surface area contributed by atoms with Crippen molar-refractivity contribution in [3.63, 3.8) is 0 Å². The van der Waals surface area contributed by atoms with Crippen LogP contribution in [0.5, 0.6) is 0 Å². The second-order valence-corrected chi connectivity index (χ2v) is 3.29. The minimum absolute atomic E-state index is 0.0628. The number of rotatable bonds is 5. The zero-order chi connectivity index (χ0) is 9.78. The molecule has 1 atom stereocenters. The normalized spacial score (nSPS) is 16.1. The topological polar surface area (TPSA) is 83.5 Å². The highest BCUT2D eigenvalue weighted by molar-refractivity contribution is 5.75. The first kappa shape index (κ1) is 11.4. The van der Waals surface area contributed by atoms with Gasteiger partial charge in [0.05, 0.1) is 5.41 Å². The molecule has 0 fully saturated rings. The van der Waals surface area contributed by atoms with Gasteiger partial charge in [-0.25, -0.2) is 0 Å². The average molecular weight is 175 g/mol. The Morgan fingerprint density at radius 3 is 2.17 bits per heavy atom. The standard InChI is InChI=1S/C8H17NO3/c1-6(2)8(5-9,3-4-10)7(11)12/h6,10H,3-5,9H2,1-2H3,(H,11,12). The number of nitrogens with two attached hydrogens (primary N) is 1. The molecule has 72 valence electrons. The van der Waals surface area contributed by atoms with Crippen LogP contribution in [0.1, 0.15) is 20.3 Å². The Balaban J connectivity index is 4.63. The largest absolute Gasteiger partial charge is 0.481 e. The highest BCUT2D eigenvalue weighted by atomic mass is 16.4. The fourth-order valence-electron chi connectivity index (χ4n) is 1.27. The third-order valence-electron chi connectivity index (χ3n) is 2.45. The van der Waals surface area contributed by atoms with Crippen molar-refractivity contribution in [3.8, 4) is 0 Å². The lowest BCUT2D eigenvalue weighted by Crippen LogP contribution is -2.43. The quantitative estimate of drug-likeness (QED) is 0.551. The average Bonchev–Trinajstić information content (AvgIpc) is 1.98. The van der Waals surface area contributed by atoms with E-state index in [1.165, 1.54) is 0 Å². The molecule has 0 aromatic carbocycles. The molecule has 0 rings (SSSR count). The van der Waals surface area contributed by atoms with Crippen molar-refractivity contribution in [2.45, 2.75) is 20.3 Å². The van der Waals surface area contributed by atoms with Gasteiger partial charge < -0.3 is 15.9 Å². The molecule has 0 heterocycles. The molecule has 4 nitrogen and oxygen atoms in total. The van der Waals surface area contributed by atoms with Crippen LogP contribution in [0.3, 0.4) is 0 Å². The molecular weight excluding hydrogens is 158 g/mol. The number of carboxylic acids is 1. The fourth-order valence-corrected chi connectivity index (χ4v) is 1.27. The Hall–Kier alpha value is -0.610. The summed E-state index contributed by atoms with van der Waals surface area (Å²) >= 11 is 0. The summed E-state index contributed by atoms with van der Waals surface area (Å²) in [5.74, 6) is -0.985. The van der Waals surface area contributed by atoms with Crippen molar-refractivity contribution in [1.82, 2.24) is 0 Å². The van der Waals surface area contributed by atoms with E-state index in [2.05, 4.69) is 0 Å². The zero-order valence-electron chi connectivity index (χ0n) is 7.58. The van der Waals surface area contributed by atoms with E-state index in [4.69, 9.17) is 15.9 Å². The number of aliphatic carboxylic acids is 1. The Bertz CT molecular complexity index is 158. The summed E-state index contributed by atoms with van der Waals surface area (Å²) in [5, 5.41) is 17.6. The number of hydrogen-bond donors (Lipinski definition) is 3. The molecule has 0 saturated carbocycles. The maximum Gasteiger partial charge on any atom is 0.311 e. The zero-order valence-corrected chi connectivity index (χ0v) is 7.58. The number of hydrogen-bond acceptors (Lipinski definition) is 3. The highest BCUT2D eigenvalue weighted by Gasteiger charge is 2.39. The van der Waals surface area contributed by atoms with Crippen LogP contribution in [0.2, 0.25) is 0 Å². The number of carboxylic acid groups (broad SMARTS) is 1. The van der Waals surface area contributed by atoms with Gasteiger partial charge in [-0.05, 0) is 12.3 Å². The Labute approximate surface area is 72.4 Å². The lowest BCUT2D eigenvalue weighted by molar-refractivity contribution is -0.152. The lowest BCUT2D eigenvalue weighted by Gasteiger charge is -2.31. The van der Waals surface area contributed by atoms with Crippen LogP contribution >= 0.6 is 0 Å². The van der Waals surface area contributed by atoms with E-state index in [0.717, 1.165) is 0 Å². The maximum atomic E-state index is 10.9. The van der Waals surface area contributed by atoms with Gasteiger partial charge in [0.1, 0.15) is 0 Å². The lowest BCUT2D eigenvalue weighted by atomic mass is 9.75. The maximum absolute atomic E-state index is 10.9. The Morgan fingerprint density at radius 2 is 2.08 bits per heavy atom. The van der Waals surface area contributed by atoms with Gasteiger partial charge in [0, 0.05) is 13.2 Å². The molecule has 0 aliphatic heterocycles. The second kappa shape index (κ2) is 4.42. The van der Waals surface area contributed by atoms with Gasteiger partial charge in [-0.2, -0.15) is 0 Å². The van der Waals surface area contributed by atoms with Crippen molar-refractivity contribution in [2.75, 3.05) is 13.2 Å². The van der Waals surface area contributed by atoms with Crippen molar-refractivity contribution >= 4 is 5.97 Å². The molecule has 0 aromatic heterocycles. The Morgan fingerprint density at radius 1 is 1.58 bits per heavy atom. The van der Waals surface area contributed by atoms with Crippen molar-refractivity contribution < 1.29 is 15.0 Å². The number of aliphatic hydroxyl groups excluding tert-OH is 1. The number of carbonyl (C=O) groups is 1. The van der Waals surface area contributed by atoms with E-state index < -0.39 is 11.4 Å². The van der Waals surface area contributed by atoms with Gasteiger partial charge in [-0.3, -0.25) is 4.79 Å². The van der Waals surface area contributed by atoms with Crippen LogP contribution in [0.4, 0.5) is 0 Å². The molecule has 0 saturated heterocycles. The minimum Gasteiger partial charge on any atom is -0.481 e. The van der Waals surface area contributed by atoms with E-state index in [-0.39, 0.29) is 25.5 Å². The molecule has 4 N–H and O–H groups in total. The minimum atomic E-state index is -0.964. The van der Waals surface area contributed by atoms with Crippen LogP contribution in [-0.4, -0.2) is 29.3 Å². The van der Waals surface area contributed by atoms with Gasteiger partial charge in [-0.1, -0.05) is 13.8 Å². The monoisotopic (exact) mass is 175 g/mol. The molecule has 12 heavy (non-hydrogen) atoms. The van der Waals surface area contributed by atoms with Crippen LogP contribution < -0.4 is 5.73 Å². The molecule has 0 radical (unpaired) electrons. The first-order valence-electron chi connectivity index (χ1n) is 4.05. The molecule has 0 aromatic rings. The van der Waals surface area contributed by atoms with Gasteiger partial charge in [0.15, 0.2) is 0 Å². The van der Waals surface area contributed by atoms with Gasteiger partial charge >= 0.3 is 5.97 Å². The van der Waals surface area contributed by atoms with Crippen molar-refractivity contribution in [2.24, 2.45) is 17.1 Å². The van der Waals surface area contributed by atoms with Gasteiger partial charge in [0.2, 0.25) is 0 Å². The molecule has 0 spiro atoms. The molecule has 0 aliphatic rings. The first-order valence-corrected chi connectivity index (χ1v) is 4.05. The highest BCUT2D eigenvalue weighted by Crippen LogP contribution is 2.30. The molecule has 0 aliphatic carbocycles. The second-order valence-electron chi connectivity index (χ2n) is 3.29. The van der Waals surface area contributed by atoms with Crippen LogP contribution in [0.15, 0.2) is 0 Å². The molecular formula is C8H17NO3. The van der Waals surface area contributed by atoms with Crippen molar-refractivity contribution in [3.05, 3.63) is 0 Å². The van der Waals surface area contributed by atoms with E-state index in [1.807, 2.05) is 0 Å². The molecule has 0 bridgehead atoms. The summed E-state index contributed by atoms with van der Waals surface area (Å²) in [5.41, 5.74) is 4.44. The summed E-state index contributed by atoms with van der Waals surface area (Å²) in [7, 11) is 0. The summed E-state index contributed by atoms with van der Waals surface area (Å²) in [4.78, 5) is 10.9. The van der Waals surface area contributed by atoms with Gasteiger partial charge in [-0.15, -0.1) is 0 Å². The first-order chi connectivity index (χ1) is 5.51. The third-order valence-corrected chi connectivity index (χ3v) is 2.45. The van der Waals surface area contributed by atoms with E-state index in [9.17, 15) is 4.79 Å². The summed E-state index contributed by atoms with van der Waals surface area (Å²) in [6.07, 6.45) is 0.219. The van der Waals surface area contributed by atoms with Crippen LogP contribution in [0.25, 0.3) is 0 Å². The van der Waals surface area contributed by atoms with E-state index in [0.29, 0.717) is 0 Å². The predicted molar refractivity (Wildman–Crippen MR) is 45.7 cm³/mol. The number of aliphatic hydroxyl groups is 1. The summed E-state index contributed by atoms with van der Waals surface area (Å²) in [6, 6.07) is 0. The van der Waals surface area contributed by atoms with E-state index in [1.54, 1.807) is 13.8 Å².